The third-order valence-corrected chi connectivity index (χ3v) is 8.39. The molecule has 2 aliphatic heterocycles. The summed E-state index contributed by atoms with van der Waals surface area (Å²) in [6.07, 6.45) is 7.76. The first-order chi connectivity index (χ1) is 19.6. The van der Waals surface area contributed by atoms with Gasteiger partial charge in [0.15, 0.2) is 17.3 Å². The number of aromatic nitrogens is 6. The summed E-state index contributed by atoms with van der Waals surface area (Å²) in [6, 6.07) is 15.2. The number of piperazine rings is 1. The number of nitrogens with zero attached hydrogens (tertiary/aromatic N) is 7. The highest BCUT2D eigenvalue weighted by atomic mass is 19.2. The first kappa shape index (κ1) is 23.2. The summed E-state index contributed by atoms with van der Waals surface area (Å²) >= 11 is 0. The number of pyridine rings is 1. The monoisotopic (exact) mass is 534 g/mol. The average Bonchev–Trinajstić information content (AvgIpc) is 3.77. The second-order valence-electron chi connectivity index (χ2n) is 10.6. The maximum Gasteiger partial charge on any atom is 0.182 e. The molecule has 0 unspecified atom stereocenters. The fraction of sp³-hybridized carbons (Fsp3) is 0.200. The molecule has 2 saturated heterocycles. The summed E-state index contributed by atoms with van der Waals surface area (Å²) < 4.78 is 33.2. The minimum Gasteiger partial charge on any atom is -0.363 e. The zero-order valence-corrected chi connectivity index (χ0v) is 21.6. The van der Waals surface area contributed by atoms with Crippen molar-refractivity contribution in [2.75, 3.05) is 25.0 Å². The van der Waals surface area contributed by atoms with Gasteiger partial charge in [-0.25, -0.2) is 18.3 Å². The summed E-state index contributed by atoms with van der Waals surface area (Å²) in [6.45, 7) is 1.56. The highest BCUT2D eigenvalue weighted by molar-refractivity contribution is 6.02. The van der Waals surface area contributed by atoms with Gasteiger partial charge in [-0.2, -0.15) is 10.2 Å². The summed E-state index contributed by atoms with van der Waals surface area (Å²) in [7, 11) is 2.09. The molecule has 2 fully saturated rings. The van der Waals surface area contributed by atoms with Crippen LogP contribution in [0.25, 0.3) is 50.2 Å². The molecule has 4 aromatic heterocycles. The molecule has 2 bridgehead atoms. The van der Waals surface area contributed by atoms with Crippen LogP contribution in [0.15, 0.2) is 73.3 Å². The summed E-state index contributed by atoms with van der Waals surface area (Å²) in [4.78, 5) is 13.1. The summed E-state index contributed by atoms with van der Waals surface area (Å²) in [5.41, 5.74) is 5.41. The lowest BCUT2D eigenvalue weighted by atomic mass is 9.99. The van der Waals surface area contributed by atoms with Gasteiger partial charge in [0, 0.05) is 60.3 Å². The van der Waals surface area contributed by atoms with Gasteiger partial charge >= 0.3 is 0 Å². The van der Waals surface area contributed by atoms with Crippen LogP contribution < -0.4 is 4.90 Å². The van der Waals surface area contributed by atoms with Crippen LogP contribution >= 0.6 is 0 Å². The lowest BCUT2D eigenvalue weighted by molar-refractivity contribution is 0.291. The second-order valence-corrected chi connectivity index (χ2v) is 10.6. The Morgan fingerprint density at radius 3 is 2.58 bits per heavy atom. The molecule has 40 heavy (non-hydrogen) atoms. The van der Waals surface area contributed by atoms with E-state index in [1.165, 1.54) is 0 Å². The highest BCUT2D eigenvalue weighted by Crippen LogP contribution is 2.41. The zero-order valence-electron chi connectivity index (χ0n) is 21.6. The number of benzene rings is 2. The Bertz CT molecular complexity index is 1910. The van der Waals surface area contributed by atoms with Crippen LogP contribution in [-0.2, 0) is 0 Å². The fourth-order valence-electron chi connectivity index (χ4n) is 6.42. The van der Waals surface area contributed by atoms with Crippen LogP contribution in [-0.4, -0.2) is 66.9 Å². The maximum atomic E-state index is 15.9. The van der Waals surface area contributed by atoms with E-state index in [0.717, 1.165) is 40.6 Å². The number of nitrogens with one attached hydrogen (secondary N) is 1. The van der Waals surface area contributed by atoms with E-state index in [1.54, 1.807) is 47.5 Å². The molecule has 6 aromatic rings. The van der Waals surface area contributed by atoms with E-state index in [-0.39, 0.29) is 11.6 Å². The van der Waals surface area contributed by atoms with Crippen molar-refractivity contribution in [3.05, 3.63) is 85.0 Å². The largest absolute Gasteiger partial charge is 0.363 e. The van der Waals surface area contributed by atoms with Crippen LogP contribution in [0.5, 0.6) is 0 Å². The van der Waals surface area contributed by atoms with E-state index in [0.29, 0.717) is 35.3 Å². The Kier molecular flexibility index (Phi) is 5.02. The number of aromatic amines is 1. The molecular formula is C30H24F2N8. The minimum atomic E-state index is -0.888. The smallest absolute Gasteiger partial charge is 0.182 e. The van der Waals surface area contributed by atoms with Gasteiger partial charge in [0.2, 0.25) is 0 Å². The molecule has 2 aliphatic rings. The predicted molar refractivity (Wildman–Crippen MR) is 149 cm³/mol. The van der Waals surface area contributed by atoms with Crippen molar-refractivity contribution in [1.82, 2.24) is 34.7 Å². The number of fused-ring (bicyclic) bond motifs is 4. The van der Waals surface area contributed by atoms with Gasteiger partial charge in [-0.1, -0.05) is 12.1 Å². The van der Waals surface area contributed by atoms with Crippen LogP contribution in [0.3, 0.4) is 0 Å². The standard InChI is InChI=1S/C30H24F2N8/c1-38-15-19-13-18(38)16-39(19)25-6-5-21(27(31)28(25)32)24-9-12-34-30-26(20-3-2-4-23-22(20)14-35-36-23)29(37-40(24)30)17-7-10-33-11-8-17/h2-12,14,18-19H,13,15-16H2,1H3,(H,35,36)/t18-,19-/m0/s1. The van der Waals surface area contributed by atoms with Crippen molar-refractivity contribution >= 4 is 22.2 Å². The SMILES string of the molecule is CN1C[C@@H]2C[C@H]1CN2c1ccc(-c2ccnc3c(-c4cccc5[nH]ncc45)c(-c4ccncc4)nn23)c(F)c1F. The first-order valence-electron chi connectivity index (χ1n) is 13.2. The number of hydrogen-bond acceptors (Lipinski definition) is 6. The minimum absolute atomic E-state index is 0.131. The molecule has 0 aliphatic carbocycles. The number of hydrogen-bond donors (Lipinski definition) is 1. The Morgan fingerprint density at radius 2 is 1.77 bits per heavy atom. The number of likely N-dealkylation sites (tertiary alicyclic amines) is 1. The van der Waals surface area contributed by atoms with Crippen LogP contribution in [0.4, 0.5) is 14.5 Å². The van der Waals surface area contributed by atoms with Gasteiger partial charge in [-0.05, 0) is 55.4 Å². The van der Waals surface area contributed by atoms with Crippen molar-refractivity contribution in [2.24, 2.45) is 0 Å². The molecule has 2 atom stereocenters. The Morgan fingerprint density at radius 1 is 0.900 bits per heavy atom. The summed E-state index contributed by atoms with van der Waals surface area (Å²) in [5.74, 6) is -1.72. The lowest BCUT2D eigenvalue weighted by Gasteiger charge is -2.34. The predicted octanol–water partition coefficient (Wildman–Crippen LogP) is 5.17. The van der Waals surface area contributed by atoms with Crippen molar-refractivity contribution in [2.45, 2.75) is 18.5 Å². The molecule has 0 saturated carbocycles. The third-order valence-electron chi connectivity index (χ3n) is 8.39. The average molecular weight is 535 g/mol. The van der Waals surface area contributed by atoms with Crippen molar-refractivity contribution in [1.29, 1.82) is 0 Å². The Hall–Kier alpha value is -4.70. The molecular weight excluding hydrogens is 510 g/mol. The maximum absolute atomic E-state index is 15.9. The fourth-order valence-corrected chi connectivity index (χ4v) is 6.42. The van der Waals surface area contributed by atoms with Gasteiger partial charge in [0.05, 0.1) is 28.7 Å². The number of H-pyrrole nitrogens is 1. The quantitative estimate of drug-likeness (QED) is 0.336. The molecule has 8 nitrogen and oxygen atoms in total. The van der Waals surface area contributed by atoms with Crippen molar-refractivity contribution in [3.8, 4) is 33.6 Å². The Balaban J connectivity index is 1.32. The van der Waals surface area contributed by atoms with E-state index in [4.69, 9.17) is 5.10 Å². The normalized spacial score (nSPS) is 18.9. The van der Waals surface area contributed by atoms with E-state index < -0.39 is 11.6 Å². The van der Waals surface area contributed by atoms with Crippen molar-refractivity contribution in [3.63, 3.8) is 0 Å². The topological polar surface area (TPSA) is 78.2 Å². The van der Waals surface area contributed by atoms with E-state index in [9.17, 15) is 0 Å². The number of halogens is 2. The number of likely N-dealkylation sites (N-methyl/N-ethyl adjacent to an activating group) is 1. The van der Waals surface area contributed by atoms with Crippen LogP contribution in [0.1, 0.15) is 6.42 Å². The Labute approximate surface area is 227 Å². The van der Waals surface area contributed by atoms with E-state index >= 15 is 8.78 Å². The molecule has 198 valence electrons. The highest BCUT2D eigenvalue weighted by Gasteiger charge is 2.42. The van der Waals surface area contributed by atoms with Crippen LogP contribution in [0, 0.1) is 11.6 Å². The van der Waals surface area contributed by atoms with Gasteiger partial charge in [0.25, 0.3) is 0 Å². The summed E-state index contributed by atoms with van der Waals surface area (Å²) in [5, 5.41) is 13.1. The van der Waals surface area contributed by atoms with Gasteiger partial charge < -0.3 is 4.90 Å². The molecule has 10 heteroatoms. The molecule has 0 amide bonds. The first-order valence-corrected chi connectivity index (χ1v) is 13.2. The van der Waals surface area contributed by atoms with Gasteiger partial charge in [-0.3, -0.25) is 15.0 Å². The molecule has 0 radical (unpaired) electrons. The van der Waals surface area contributed by atoms with Gasteiger partial charge in [0.1, 0.15) is 5.69 Å². The van der Waals surface area contributed by atoms with Gasteiger partial charge in [-0.15, -0.1) is 0 Å². The molecule has 1 N–H and O–H groups in total. The second kappa shape index (κ2) is 8.65. The van der Waals surface area contributed by atoms with Crippen molar-refractivity contribution < 1.29 is 8.78 Å². The van der Waals surface area contributed by atoms with Crippen LogP contribution in [0.2, 0.25) is 0 Å². The van der Waals surface area contributed by atoms with E-state index in [1.807, 2.05) is 35.2 Å². The van der Waals surface area contributed by atoms with E-state index in [2.05, 4.69) is 32.1 Å². The third kappa shape index (κ3) is 3.32. The zero-order chi connectivity index (χ0) is 27.0. The lowest BCUT2D eigenvalue weighted by Crippen LogP contribution is -2.45. The molecule has 6 heterocycles. The number of anilines is 1. The number of rotatable bonds is 4. The molecule has 8 rings (SSSR count). The molecule has 0 spiro atoms. The molecule has 2 aromatic carbocycles.